The van der Waals surface area contributed by atoms with Gasteiger partial charge in [0.1, 0.15) is 11.5 Å². The van der Waals surface area contributed by atoms with Crippen molar-refractivity contribution in [1.82, 2.24) is 0 Å². The van der Waals surface area contributed by atoms with Gasteiger partial charge in [-0.15, -0.1) is 0 Å². The number of Topliss-reactive ketones (excluding diaryl/α,β-unsaturated/α-hetero) is 1. The van der Waals surface area contributed by atoms with Gasteiger partial charge in [0.05, 0.1) is 38.0 Å². The highest BCUT2D eigenvalue weighted by atomic mass is 16.5. The average Bonchev–Trinajstić information content (AvgIpc) is 3.20. The maximum atomic E-state index is 13.7. The van der Waals surface area contributed by atoms with Crippen LogP contribution in [-0.4, -0.2) is 43.6 Å². The standard InChI is InChI=1S/C28H25NO7/c1-4-36-28(33)18-9-13-19(14-10-18)29-24(21-7-5-6-8-22(21)30)23(26(35-3)27(29)32)25(31)17-11-15-20(34-2)16-12-17/h5-16,24,30H,4H2,1-3H3. The van der Waals surface area contributed by atoms with Gasteiger partial charge in [-0.25, -0.2) is 4.79 Å². The molecule has 4 rings (SSSR count). The van der Waals surface area contributed by atoms with E-state index in [1.807, 2.05) is 0 Å². The molecular weight excluding hydrogens is 462 g/mol. The highest BCUT2D eigenvalue weighted by Crippen LogP contribution is 2.45. The van der Waals surface area contributed by atoms with Crippen LogP contribution in [0.3, 0.4) is 0 Å². The Hall–Kier alpha value is -4.59. The van der Waals surface area contributed by atoms with Gasteiger partial charge >= 0.3 is 5.97 Å². The Morgan fingerprint density at radius 3 is 2.11 bits per heavy atom. The molecule has 1 aliphatic rings. The minimum atomic E-state index is -0.975. The maximum Gasteiger partial charge on any atom is 0.338 e. The number of carbonyl (C=O) groups is 3. The maximum absolute atomic E-state index is 13.7. The Labute approximate surface area is 208 Å². The Morgan fingerprint density at radius 2 is 1.53 bits per heavy atom. The molecule has 0 spiro atoms. The number of hydrogen-bond donors (Lipinski definition) is 1. The zero-order valence-corrected chi connectivity index (χ0v) is 20.1. The van der Waals surface area contributed by atoms with E-state index in [-0.39, 0.29) is 23.7 Å². The van der Waals surface area contributed by atoms with Crippen LogP contribution in [0.4, 0.5) is 5.69 Å². The molecule has 184 valence electrons. The lowest BCUT2D eigenvalue weighted by atomic mass is 9.92. The minimum absolute atomic E-state index is 0.0826. The van der Waals surface area contributed by atoms with Crippen molar-refractivity contribution in [3.8, 4) is 11.5 Å². The Kier molecular flexibility index (Phi) is 7.05. The number of rotatable bonds is 8. The molecule has 1 atom stereocenters. The largest absolute Gasteiger partial charge is 0.508 e. The quantitative estimate of drug-likeness (QED) is 0.370. The van der Waals surface area contributed by atoms with E-state index in [0.717, 1.165) is 0 Å². The molecule has 8 nitrogen and oxygen atoms in total. The van der Waals surface area contributed by atoms with Crippen LogP contribution in [0.15, 0.2) is 84.1 Å². The summed E-state index contributed by atoms with van der Waals surface area (Å²) in [4.78, 5) is 40.8. The number of phenolic OH excluding ortho intramolecular Hbond substituents is 1. The average molecular weight is 488 g/mol. The first-order valence-corrected chi connectivity index (χ1v) is 11.3. The monoisotopic (exact) mass is 487 g/mol. The number of nitrogens with zero attached hydrogens (tertiary/aromatic N) is 1. The number of phenols is 1. The first kappa shape index (κ1) is 24.5. The molecule has 1 heterocycles. The lowest BCUT2D eigenvalue weighted by Gasteiger charge is -2.27. The van der Waals surface area contributed by atoms with E-state index in [1.165, 1.54) is 37.3 Å². The fourth-order valence-electron chi connectivity index (χ4n) is 4.17. The van der Waals surface area contributed by atoms with Crippen molar-refractivity contribution in [3.05, 3.63) is 101 Å². The number of esters is 1. The third-order valence-electron chi connectivity index (χ3n) is 5.88. The number of carbonyl (C=O) groups excluding carboxylic acids is 3. The van der Waals surface area contributed by atoms with E-state index in [2.05, 4.69) is 0 Å². The topological polar surface area (TPSA) is 102 Å². The van der Waals surface area contributed by atoms with E-state index >= 15 is 0 Å². The summed E-state index contributed by atoms with van der Waals surface area (Å²) in [6, 6.07) is 18.3. The molecule has 0 aromatic heterocycles. The number of para-hydroxylation sites is 1. The van der Waals surface area contributed by atoms with Crippen molar-refractivity contribution in [2.75, 3.05) is 25.7 Å². The highest BCUT2D eigenvalue weighted by Gasteiger charge is 2.46. The van der Waals surface area contributed by atoms with Crippen LogP contribution < -0.4 is 9.64 Å². The second-order valence-corrected chi connectivity index (χ2v) is 7.91. The van der Waals surface area contributed by atoms with Gasteiger partial charge in [0.25, 0.3) is 5.91 Å². The van der Waals surface area contributed by atoms with Gasteiger partial charge in [-0.05, 0) is 61.5 Å². The van der Waals surface area contributed by atoms with Crippen LogP contribution in [0.25, 0.3) is 0 Å². The second kappa shape index (κ2) is 10.4. The van der Waals surface area contributed by atoms with Crippen molar-refractivity contribution in [1.29, 1.82) is 0 Å². The number of hydrogen-bond acceptors (Lipinski definition) is 7. The number of amides is 1. The molecule has 1 unspecified atom stereocenters. The summed E-state index contributed by atoms with van der Waals surface area (Å²) >= 11 is 0. The van der Waals surface area contributed by atoms with Gasteiger partial charge in [0, 0.05) is 16.8 Å². The summed E-state index contributed by atoms with van der Waals surface area (Å²) in [6.07, 6.45) is 0. The summed E-state index contributed by atoms with van der Waals surface area (Å²) in [7, 11) is 2.85. The van der Waals surface area contributed by atoms with Crippen LogP contribution in [-0.2, 0) is 14.3 Å². The fourth-order valence-corrected chi connectivity index (χ4v) is 4.17. The van der Waals surface area contributed by atoms with E-state index in [9.17, 15) is 19.5 Å². The van der Waals surface area contributed by atoms with Crippen molar-refractivity contribution < 1.29 is 33.7 Å². The van der Waals surface area contributed by atoms with E-state index in [0.29, 0.717) is 28.1 Å². The van der Waals surface area contributed by atoms with E-state index in [4.69, 9.17) is 14.2 Å². The molecule has 3 aromatic carbocycles. The number of anilines is 1. The summed E-state index contributed by atoms with van der Waals surface area (Å²) in [6.45, 7) is 1.95. The van der Waals surface area contributed by atoms with Crippen molar-refractivity contribution in [2.24, 2.45) is 0 Å². The Morgan fingerprint density at radius 1 is 0.889 bits per heavy atom. The first-order chi connectivity index (χ1) is 17.4. The van der Waals surface area contributed by atoms with Crippen LogP contribution in [0.5, 0.6) is 11.5 Å². The van der Waals surface area contributed by atoms with Gasteiger partial charge in [-0.2, -0.15) is 0 Å². The first-order valence-electron chi connectivity index (χ1n) is 11.3. The predicted molar refractivity (Wildman–Crippen MR) is 132 cm³/mol. The summed E-state index contributed by atoms with van der Waals surface area (Å²) in [5.74, 6) is -1.09. The molecule has 0 aliphatic carbocycles. The molecule has 0 fully saturated rings. The molecular formula is C28H25NO7. The number of methoxy groups -OCH3 is 2. The summed E-state index contributed by atoms with van der Waals surface area (Å²) in [5.41, 5.74) is 1.50. The zero-order chi connectivity index (χ0) is 25.8. The van der Waals surface area contributed by atoms with Crippen LogP contribution >= 0.6 is 0 Å². The normalized spacial score (nSPS) is 15.1. The lowest BCUT2D eigenvalue weighted by molar-refractivity contribution is -0.117. The van der Waals surface area contributed by atoms with Crippen molar-refractivity contribution in [3.63, 3.8) is 0 Å². The van der Waals surface area contributed by atoms with E-state index in [1.54, 1.807) is 61.5 Å². The molecule has 1 aliphatic heterocycles. The molecule has 0 radical (unpaired) electrons. The number of ketones is 1. The van der Waals surface area contributed by atoms with Gasteiger partial charge in [-0.1, -0.05) is 18.2 Å². The van der Waals surface area contributed by atoms with Gasteiger partial charge in [-0.3, -0.25) is 14.5 Å². The molecule has 3 aromatic rings. The minimum Gasteiger partial charge on any atom is -0.508 e. The SMILES string of the molecule is CCOC(=O)c1ccc(N2C(=O)C(OC)=C(C(=O)c3ccc(OC)cc3)C2c2ccccc2O)cc1. The van der Waals surface area contributed by atoms with E-state index < -0.39 is 23.7 Å². The summed E-state index contributed by atoms with van der Waals surface area (Å²) < 4.78 is 15.7. The highest BCUT2D eigenvalue weighted by molar-refractivity contribution is 6.21. The Bertz CT molecular complexity index is 1330. The summed E-state index contributed by atoms with van der Waals surface area (Å²) in [5, 5.41) is 10.7. The molecule has 8 heteroatoms. The number of aromatic hydroxyl groups is 1. The number of ether oxygens (including phenoxy) is 3. The fraction of sp³-hybridized carbons (Fsp3) is 0.179. The third-order valence-corrected chi connectivity index (χ3v) is 5.88. The molecule has 0 saturated heterocycles. The predicted octanol–water partition coefficient (Wildman–Crippen LogP) is 4.45. The third kappa shape index (κ3) is 4.40. The van der Waals surface area contributed by atoms with Gasteiger partial charge in [0.15, 0.2) is 11.5 Å². The molecule has 0 bridgehead atoms. The molecule has 36 heavy (non-hydrogen) atoms. The number of benzene rings is 3. The zero-order valence-electron chi connectivity index (χ0n) is 20.1. The molecule has 0 saturated carbocycles. The molecule has 1 N–H and O–H groups in total. The van der Waals surface area contributed by atoms with Crippen LogP contribution in [0.2, 0.25) is 0 Å². The Balaban J connectivity index is 1.84. The van der Waals surface area contributed by atoms with Gasteiger partial charge in [0.2, 0.25) is 0 Å². The smallest absolute Gasteiger partial charge is 0.338 e. The van der Waals surface area contributed by atoms with Crippen molar-refractivity contribution >= 4 is 23.3 Å². The van der Waals surface area contributed by atoms with Crippen LogP contribution in [0, 0.1) is 0 Å². The van der Waals surface area contributed by atoms with Crippen LogP contribution in [0.1, 0.15) is 39.2 Å². The van der Waals surface area contributed by atoms with Crippen molar-refractivity contribution in [2.45, 2.75) is 13.0 Å². The second-order valence-electron chi connectivity index (χ2n) is 7.91. The van der Waals surface area contributed by atoms with Gasteiger partial charge < -0.3 is 19.3 Å². The molecule has 1 amide bonds. The lowest BCUT2D eigenvalue weighted by Crippen LogP contribution is -2.31.